The Balaban J connectivity index is 1.95. The summed E-state index contributed by atoms with van der Waals surface area (Å²) in [5, 5.41) is 5.89. The molecule has 1 unspecified atom stereocenters. The molecule has 2 N–H and O–H groups in total. The quantitative estimate of drug-likeness (QED) is 0.809. The zero-order chi connectivity index (χ0) is 18.9. The van der Waals surface area contributed by atoms with Gasteiger partial charge >= 0.3 is 6.09 Å². The lowest BCUT2D eigenvalue weighted by atomic mass is 10.1. The predicted octanol–water partition coefficient (Wildman–Crippen LogP) is 2.98. The molecule has 2 aromatic rings. The molecule has 0 fully saturated rings. The fourth-order valence-corrected chi connectivity index (χ4v) is 2.26. The first kappa shape index (κ1) is 19.3. The van der Waals surface area contributed by atoms with Gasteiger partial charge in [-0.25, -0.2) is 14.8 Å². The van der Waals surface area contributed by atoms with Gasteiger partial charge in [-0.2, -0.15) is 0 Å². The number of carbonyl (C=O) groups excluding carboxylic acids is 1. The van der Waals surface area contributed by atoms with Crippen molar-refractivity contribution in [1.29, 1.82) is 0 Å². The summed E-state index contributed by atoms with van der Waals surface area (Å²) in [6, 6.07) is 8.22. The number of benzene rings is 1. The number of aromatic nitrogens is 2. The summed E-state index contributed by atoms with van der Waals surface area (Å²) in [6.45, 7) is 6.00. The topological polar surface area (TPSA) is 76.1 Å². The number of hydrogen-bond donors (Lipinski definition) is 2. The van der Waals surface area contributed by atoms with Crippen molar-refractivity contribution >= 4 is 12.0 Å². The minimum Gasteiger partial charge on any atom is -0.453 e. The molecular formula is C20H24N4O2. The maximum atomic E-state index is 11.2. The van der Waals surface area contributed by atoms with Crippen molar-refractivity contribution in [3.8, 4) is 11.8 Å². The molecule has 0 bridgehead atoms. The van der Waals surface area contributed by atoms with Gasteiger partial charge in [0.2, 0.25) is 5.95 Å². The van der Waals surface area contributed by atoms with Crippen LogP contribution in [0.2, 0.25) is 0 Å². The molecule has 0 aliphatic carbocycles. The second-order valence-electron chi connectivity index (χ2n) is 6.28. The highest BCUT2D eigenvalue weighted by atomic mass is 16.5. The van der Waals surface area contributed by atoms with Gasteiger partial charge in [0.15, 0.2) is 0 Å². The molecule has 26 heavy (non-hydrogen) atoms. The third-order valence-corrected chi connectivity index (χ3v) is 3.47. The van der Waals surface area contributed by atoms with E-state index >= 15 is 0 Å². The van der Waals surface area contributed by atoms with Crippen molar-refractivity contribution < 1.29 is 9.53 Å². The molecule has 0 radical (unpaired) electrons. The Bertz CT molecular complexity index is 774. The summed E-state index contributed by atoms with van der Waals surface area (Å²) >= 11 is 0. The van der Waals surface area contributed by atoms with Crippen LogP contribution in [0.3, 0.4) is 0 Å². The monoisotopic (exact) mass is 352 g/mol. The van der Waals surface area contributed by atoms with Gasteiger partial charge in [-0.3, -0.25) is 0 Å². The molecule has 1 aromatic heterocycles. The van der Waals surface area contributed by atoms with E-state index in [1.165, 1.54) is 7.11 Å². The van der Waals surface area contributed by atoms with Crippen molar-refractivity contribution in [2.24, 2.45) is 0 Å². The average Bonchev–Trinajstić information content (AvgIpc) is 2.61. The van der Waals surface area contributed by atoms with E-state index in [1.54, 1.807) is 12.4 Å². The minimum absolute atomic E-state index is 0.00510. The van der Waals surface area contributed by atoms with E-state index in [0.717, 1.165) is 23.1 Å². The Labute approximate surface area is 154 Å². The van der Waals surface area contributed by atoms with E-state index in [4.69, 9.17) is 0 Å². The van der Waals surface area contributed by atoms with Crippen LogP contribution in [-0.2, 0) is 11.2 Å². The van der Waals surface area contributed by atoms with Crippen LogP contribution < -0.4 is 10.6 Å². The molecule has 0 spiro atoms. The summed E-state index contributed by atoms with van der Waals surface area (Å²) in [5.74, 6) is 6.76. The summed E-state index contributed by atoms with van der Waals surface area (Å²) in [4.78, 5) is 19.7. The van der Waals surface area contributed by atoms with Gasteiger partial charge < -0.3 is 15.4 Å². The second kappa shape index (κ2) is 9.42. The van der Waals surface area contributed by atoms with Crippen molar-refractivity contribution in [3.05, 3.63) is 53.3 Å². The molecule has 0 saturated heterocycles. The zero-order valence-corrected chi connectivity index (χ0v) is 15.5. The van der Waals surface area contributed by atoms with Gasteiger partial charge in [0, 0.05) is 30.0 Å². The highest BCUT2D eigenvalue weighted by Crippen LogP contribution is 2.07. The number of methoxy groups -OCH3 is 1. The van der Waals surface area contributed by atoms with Gasteiger partial charge in [0.25, 0.3) is 0 Å². The van der Waals surface area contributed by atoms with Gasteiger partial charge in [-0.05, 0) is 44.9 Å². The Hall–Kier alpha value is -3.07. The van der Waals surface area contributed by atoms with Crippen molar-refractivity contribution in [1.82, 2.24) is 15.3 Å². The second-order valence-corrected chi connectivity index (χ2v) is 6.28. The number of carbonyl (C=O) groups is 1. The Morgan fingerprint density at radius 2 is 1.69 bits per heavy atom. The summed E-state index contributed by atoms with van der Waals surface area (Å²) < 4.78 is 4.60. The van der Waals surface area contributed by atoms with E-state index in [-0.39, 0.29) is 12.1 Å². The van der Waals surface area contributed by atoms with Crippen molar-refractivity contribution in [3.63, 3.8) is 0 Å². The maximum Gasteiger partial charge on any atom is 0.407 e. The number of nitrogens with one attached hydrogen (secondary N) is 2. The van der Waals surface area contributed by atoms with E-state index in [2.05, 4.69) is 37.2 Å². The largest absolute Gasteiger partial charge is 0.453 e. The lowest BCUT2D eigenvalue weighted by Gasteiger charge is -2.12. The molecule has 1 heterocycles. The fraction of sp³-hybridized carbons (Fsp3) is 0.350. The molecule has 1 atom stereocenters. The lowest BCUT2D eigenvalue weighted by molar-refractivity contribution is 0.167. The molecule has 1 aromatic carbocycles. The number of anilines is 1. The zero-order valence-electron chi connectivity index (χ0n) is 15.5. The predicted molar refractivity (Wildman–Crippen MR) is 102 cm³/mol. The third-order valence-electron chi connectivity index (χ3n) is 3.47. The first-order chi connectivity index (χ1) is 12.5. The number of nitrogens with zero attached hydrogens (tertiary/aromatic N) is 2. The van der Waals surface area contributed by atoms with Crippen LogP contribution in [0.1, 0.15) is 37.5 Å². The lowest BCUT2D eigenvalue weighted by Crippen LogP contribution is -2.33. The number of alkyl carbamates (subject to hydrolysis) is 1. The van der Waals surface area contributed by atoms with Gasteiger partial charge in [0.05, 0.1) is 12.7 Å². The molecule has 6 nitrogen and oxygen atoms in total. The molecular weight excluding hydrogens is 328 g/mol. The molecule has 0 saturated carbocycles. The Morgan fingerprint density at radius 3 is 2.27 bits per heavy atom. The van der Waals surface area contributed by atoms with Gasteiger partial charge in [-0.15, -0.1) is 0 Å². The molecule has 136 valence electrons. The molecule has 1 amide bonds. The molecule has 0 aliphatic heterocycles. The number of hydrogen-bond acceptors (Lipinski definition) is 5. The summed E-state index contributed by atoms with van der Waals surface area (Å²) in [6.07, 6.45) is 3.72. The SMILES string of the molecule is COC(=O)NC(C)Cc1ccc(C#Cc2cnc(NC(C)C)nc2)cc1. The van der Waals surface area contributed by atoms with Crippen LogP contribution in [0.4, 0.5) is 10.7 Å². The Morgan fingerprint density at radius 1 is 1.08 bits per heavy atom. The first-order valence-electron chi connectivity index (χ1n) is 8.50. The van der Waals surface area contributed by atoms with Crippen LogP contribution in [0.25, 0.3) is 0 Å². The number of amides is 1. The molecule has 2 rings (SSSR count). The molecule has 0 aliphatic rings. The maximum absolute atomic E-state index is 11.2. The van der Waals surface area contributed by atoms with Crippen LogP contribution in [0, 0.1) is 11.8 Å². The third kappa shape index (κ3) is 6.44. The highest BCUT2D eigenvalue weighted by Gasteiger charge is 2.07. The van der Waals surface area contributed by atoms with E-state index in [1.807, 2.05) is 45.0 Å². The fourth-order valence-electron chi connectivity index (χ4n) is 2.26. The summed E-state index contributed by atoms with van der Waals surface area (Å²) in [7, 11) is 1.36. The normalized spacial score (nSPS) is 11.3. The van der Waals surface area contributed by atoms with Crippen LogP contribution >= 0.6 is 0 Å². The minimum atomic E-state index is -0.420. The number of rotatable bonds is 5. The molecule has 6 heteroatoms. The highest BCUT2D eigenvalue weighted by molar-refractivity contribution is 5.67. The van der Waals surface area contributed by atoms with Crippen LogP contribution in [-0.4, -0.2) is 35.3 Å². The van der Waals surface area contributed by atoms with Crippen molar-refractivity contribution in [2.75, 3.05) is 12.4 Å². The standard InChI is InChI=1S/C20H24N4O2/c1-14(2)23-19-21-12-18(13-22-19)10-7-16-5-8-17(9-6-16)11-15(3)24-20(25)26-4/h5-6,8-9,12-15H,11H2,1-4H3,(H,24,25)(H,21,22,23). The first-order valence-corrected chi connectivity index (χ1v) is 8.50. The van der Waals surface area contributed by atoms with E-state index in [0.29, 0.717) is 5.95 Å². The van der Waals surface area contributed by atoms with Gasteiger partial charge in [-0.1, -0.05) is 24.0 Å². The van der Waals surface area contributed by atoms with Crippen LogP contribution in [0.15, 0.2) is 36.7 Å². The van der Waals surface area contributed by atoms with E-state index in [9.17, 15) is 4.79 Å². The smallest absolute Gasteiger partial charge is 0.407 e. The number of ether oxygens (including phenoxy) is 1. The van der Waals surface area contributed by atoms with E-state index < -0.39 is 6.09 Å². The average molecular weight is 352 g/mol. The Kier molecular flexibility index (Phi) is 6.98. The van der Waals surface area contributed by atoms with Gasteiger partial charge in [0.1, 0.15) is 0 Å². The van der Waals surface area contributed by atoms with Crippen molar-refractivity contribution in [2.45, 2.75) is 39.3 Å². The summed E-state index contributed by atoms with van der Waals surface area (Å²) in [5.41, 5.74) is 2.79. The van der Waals surface area contributed by atoms with Crippen LogP contribution in [0.5, 0.6) is 0 Å².